The summed E-state index contributed by atoms with van der Waals surface area (Å²) in [7, 11) is 4.87. The van der Waals surface area contributed by atoms with Crippen molar-refractivity contribution in [3.05, 3.63) is 30.2 Å². The van der Waals surface area contributed by atoms with Gasteiger partial charge in [-0.25, -0.2) is 0 Å². The standard InChI is InChI=1S/C24H35NO7S2/c1-24(2)31-20(17(28-4)14-27-3)21(32-24)18(23-33-12-7-13-34-23)25-16(19(29-5)22(25)26)10-9-15-8-6-11-30-15/h6,8-11,16-21,23H,7,12-14H2,1-5H3/b10-9+/t16-,17?,18?,19+,20?,21?/m1/s1. The molecule has 0 aliphatic carbocycles. The third-order valence-electron chi connectivity index (χ3n) is 6.34. The van der Waals surface area contributed by atoms with E-state index in [-0.39, 0.29) is 34.8 Å². The molecule has 10 heteroatoms. The lowest BCUT2D eigenvalue weighted by Crippen LogP contribution is -2.72. The first-order chi connectivity index (χ1) is 16.4. The maximum atomic E-state index is 13.4. The quantitative estimate of drug-likeness (QED) is 0.438. The van der Waals surface area contributed by atoms with Crippen LogP contribution in [-0.4, -0.2) is 97.1 Å². The molecule has 1 aromatic heterocycles. The molecule has 6 atom stereocenters. The van der Waals surface area contributed by atoms with Crippen molar-refractivity contribution in [3.63, 3.8) is 0 Å². The van der Waals surface area contributed by atoms with Crippen LogP contribution in [0.15, 0.2) is 28.9 Å². The Hall–Kier alpha value is -1.01. The van der Waals surface area contributed by atoms with Crippen LogP contribution in [-0.2, 0) is 28.5 Å². The van der Waals surface area contributed by atoms with Gasteiger partial charge < -0.3 is 33.0 Å². The second-order valence-electron chi connectivity index (χ2n) is 9.02. The Morgan fingerprint density at radius 2 is 1.94 bits per heavy atom. The Bertz CT molecular complexity index is 827. The molecule has 0 spiro atoms. The predicted octanol–water partition coefficient (Wildman–Crippen LogP) is 3.26. The minimum Gasteiger partial charge on any atom is -0.465 e. The van der Waals surface area contributed by atoms with E-state index < -0.39 is 18.0 Å². The molecule has 1 aromatic rings. The normalized spacial score (nSPS) is 31.7. The molecule has 1 amide bonds. The highest BCUT2D eigenvalue weighted by molar-refractivity contribution is 8.17. The van der Waals surface area contributed by atoms with E-state index in [0.29, 0.717) is 6.61 Å². The summed E-state index contributed by atoms with van der Waals surface area (Å²) in [6.07, 6.45) is 5.01. The van der Waals surface area contributed by atoms with Gasteiger partial charge in [-0.15, -0.1) is 23.5 Å². The van der Waals surface area contributed by atoms with Gasteiger partial charge >= 0.3 is 0 Å². The van der Waals surface area contributed by atoms with Crippen molar-refractivity contribution in [2.45, 2.75) is 67.1 Å². The zero-order valence-electron chi connectivity index (χ0n) is 20.4. The summed E-state index contributed by atoms with van der Waals surface area (Å²) < 4.78 is 35.2. The van der Waals surface area contributed by atoms with Gasteiger partial charge in [-0.1, -0.05) is 6.08 Å². The van der Waals surface area contributed by atoms with Crippen LogP contribution in [0.25, 0.3) is 6.08 Å². The SMILES string of the molecule is COCC(OC)C1OC(C)(C)OC1C(C1SCCCS1)N1C(=O)[C@@H](OC)[C@H]1/C=C/c1ccco1. The average Bonchev–Trinajstić information content (AvgIpc) is 3.46. The largest absolute Gasteiger partial charge is 0.465 e. The number of ether oxygens (including phenoxy) is 5. The summed E-state index contributed by atoms with van der Waals surface area (Å²) in [6.45, 7) is 4.18. The Balaban J connectivity index is 1.69. The predicted molar refractivity (Wildman–Crippen MR) is 133 cm³/mol. The lowest BCUT2D eigenvalue weighted by molar-refractivity contribution is -0.181. The van der Waals surface area contributed by atoms with Crippen molar-refractivity contribution in [2.24, 2.45) is 0 Å². The molecule has 0 radical (unpaired) electrons. The monoisotopic (exact) mass is 513 g/mol. The summed E-state index contributed by atoms with van der Waals surface area (Å²) >= 11 is 3.75. The van der Waals surface area contributed by atoms with Crippen LogP contribution in [0.2, 0.25) is 0 Å². The Morgan fingerprint density at radius 3 is 2.56 bits per heavy atom. The topological polar surface area (TPSA) is 79.6 Å². The molecule has 190 valence electrons. The van der Waals surface area contributed by atoms with Gasteiger partial charge in [0, 0.05) is 21.3 Å². The van der Waals surface area contributed by atoms with Gasteiger partial charge in [-0.2, -0.15) is 0 Å². The summed E-state index contributed by atoms with van der Waals surface area (Å²) in [6, 6.07) is 3.24. The van der Waals surface area contributed by atoms with Crippen molar-refractivity contribution >= 4 is 35.5 Å². The highest BCUT2D eigenvalue weighted by Gasteiger charge is 2.59. The van der Waals surface area contributed by atoms with Crippen LogP contribution in [0.4, 0.5) is 0 Å². The summed E-state index contributed by atoms with van der Waals surface area (Å²) in [5.74, 6) is 1.97. The van der Waals surface area contributed by atoms with E-state index in [1.807, 2.05) is 66.6 Å². The Kier molecular flexibility index (Phi) is 8.71. The fraction of sp³-hybridized carbons (Fsp3) is 0.708. The number of amides is 1. The van der Waals surface area contributed by atoms with Gasteiger partial charge in [0.1, 0.15) is 24.1 Å². The summed E-state index contributed by atoms with van der Waals surface area (Å²) in [5, 5.41) is 0. The van der Waals surface area contributed by atoms with E-state index in [4.69, 9.17) is 28.1 Å². The van der Waals surface area contributed by atoms with Gasteiger partial charge in [-0.05, 0) is 50.0 Å². The van der Waals surface area contributed by atoms with E-state index in [1.54, 1.807) is 27.6 Å². The first-order valence-electron chi connectivity index (χ1n) is 11.6. The van der Waals surface area contributed by atoms with Crippen LogP contribution in [0.1, 0.15) is 26.0 Å². The maximum absolute atomic E-state index is 13.4. The summed E-state index contributed by atoms with van der Waals surface area (Å²) in [4.78, 5) is 15.3. The van der Waals surface area contributed by atoms with E-state index in [0.717, 1.165) is 23.7 Å². The number of nitrogens with zero attached hydrogens (tertiary/aromatic N) is 1. The number of carbonyl (C=O) groups is 1. The van der Waals surface area contributed by atoms with Gasteiger partial charge in [0.05, 0.1) is 29.5 Å². The van der Waals surface area contributed by atoms with Gasteiger partial charge in [0.2, 0.25) is 0 Å². The molecule has 0 saturated carbocycles. The highest BCUT2D eigenvalue weighted by Crippen LogP contribution is 2.45. The molecule has 34 heavy (non-hydrogen) atoms. The number of likely N-dealkylation sites (tertiary alicyclic amines) is 1. The van der Waals surface area contributed by atoms with Crippen LogP contribution in [0.3, 0.4) is 0 Å². The van der Waals surface area contributed by atoms with Crippen molar-refractivity contribution in [2.75, 3.05) is 39.4 Å². The fourth-order valence-electron chi connectivity index (χ4n) is 4.84. The first-order valence-corrected chi connectivity index (χ1v) is 13.7. The van der Waals surface area contributed by atoms with Gasteiger partial charge in [0.15, 0.2) is 11.9 Å². The second kappa shape index (κ2) is 11.4. The number of thioether (sulfide) groups is 2. The third-order valence-corrected chi connectivity index (χ3v) is 9.42. The van der Waals surface area contributed by atoms with Crippen molar-refractivity contribution in [1.82, 2.24) is 4.90 Å². The number of rotatable bonds is 10. The zero-order chi connectivity index (χ0) is 24.3. The third kappa shape index (κ3) is 5.38. The van der Waals surface area contributed by atoms with Gasteiger partial charge in [0.25, 0.3) is 5.91 Å². The maximum Gasteiger partial charge on any atom is 0.255 e. The molecule has 0 N–H and O–H groups in total. The second-order valence-corrected chi connectivity index (χ2v) is 11.8. The molecule has 3 fully saturated rings. The molecule has 0 bridgehead atoms. The smallest absolute Gasteiger partial charge is 0.255 e. The molecule has 4 rings (SSSR count). The van der Waals surface area contributed by atoms with Gasteiger partial charge in [-0.3, -0.25) is 4.79 Å². The lowest BCUT2D eigenvalue weighted by Gasteiger charge is -2.53. The minimum atomic E-state index is -0.809. The van der Waals surface area contributed by atoms with Crippen LogP contribution >= 0.6 is 23.5 Å². The first kappa shape index (κ1) is 26.1. The van der Waals surface area contributed by atoms with E-state index in [9.17, 15) is 4.79 Å². The molecule has 4 heterocycles. The number of hydrogen-bond donors (Lipinski definition) is 0. The molecule has 0 aromatic carbocycles. The van der Waals surface area contributed by atoms with Crippen LogP contribution < -0.4 is 0 Å². The number of β-lactam (4-membered cyclic amide) rings is 1. The number of hydrogen-bond acceptors (Lipinski definition) is 9. The van der Waals surface area contributed by atoms with Crippen LogP contribution in [0, 0.1) is 0 Å². The highest BCUT2D eigenvalue weighted by atomic mass is 32.2. The number of furan rings is 1. The van der Waals surface area contributed by atoms with Crippen LogP contribution in [0.5, 0.6) is 0 Å². The van der Waals surface area contributed by atoms with Crippen molar-refractivity contribution in [1.29, 1.82) is 0 Å². The Morgan fingerprint density at radius 1 is 1.21 bits per heavy atom. The molecule has 8 nitrogen and oxygen atoms in total. The number of carbonyl (C=O) groups excluding carboxylic acids is 1. The fourth-order valence-corrected chi connectivity index (χ4v) is 8.04. The van der Waals surface area contributed by atoms with E-state index in [2.05, 4.69) is 0 Å². The molecular formula is C24H35NO7S2. The van der Waals surface area contributed by atoms with E-state index >= 15 is 0 Å². The minimum absolute atomic E-state index is 0.0406. The van der Waals surface area contributed by atoms with E-state index in [1.165, 1.54) is 0 Å². The summed E-state index contributed by atoms with van der Waals surface area (Å²) in [5.41, 5.74) is 0. The average molecular weight is 514 g/mol. The zero-order valence-corrected chi connectivity index (χ0v) is 22.0. The Labute approximate surface area is 210 Å². The lowest BCUT2D eigenvalue weighted by atomic mass is 9.90. The van der Waals surface area contributed by atoms with Crippen molar-refractivity contribution in [3.8, 4) is 0 Å². The molecular weight excluding hydrogens is 478 g/mol. The molecule has 3 saturated heterocycles. The molecule has 4 unspecified atom stereocenters. The molecule has 3 aliphatic heterocycles. The molecule has 3 aliphatic rings. The van der Waals surface area contributed by atoms with Crippen molar-refractivity contribution < 1.29 is 32.9 Å². The number of methoxy groups -OCH3 is 3.